The third kappa shape index (κ3) is 6.38. The van der Waals surface area contributed by atoms with Gasteiger partial charge < -0.3 is 29.8 Å². The van der Waals surface area contributed by atoms with Gasteiger partial charge in [-0.25, -0.2) is 23.6 Å². The first-order valence-corrected chi connectivity index (χ1v) is 14.0. The molecular formula is C31H30FN3O9. The second-order valence-corrected chi connectivity index (χ2v) is 10.9. The van der Waals surface area contributed by atoms with Crippen molar-refractivity contribution in [1.82, 2.24) is 15.0 Å². The lowest BCUT2D eigenvalue weighted by molar-refractivity contribution is -0.136. The lowest BCUT2D eigenvalue weighted by Crippen LogP contribution is -2.51. The van der Waals surface area contributed by atoms with Crippen molar-refractivity contribution in [2.45, 2.75) is 37.3 Å². The highest BCUT2D eigenvalue weighted by Gasteiger charge is 2.42. The van der Waals surface area contributed by atoms with Crippen LogP contribution in [0.15, 0.2) is 70.3 Å². The van der Waals surface area contributed by atoms with Crippen molar-refractivity contribution in [2.75, 3.05) is 26.2 Å². The largest absolute Gasteiger partial charge is 0.478 e. The van der Waals surface area contributed by atoms with Crippen LogP contribution in [0.4, 0.5) is 4.39 Å². The Balaban J connectivity index is 1.44. The summed E-state index contributed by atoms with van der Waals surface area (Å²) >= 11 is 0. The molecule has 2 unspecified atom stereocenters. The fourth-order valence-corrected chi connectivity index (χ4v) is 6.33. The highest BCUT2D eigenvalue weighted by molar-refractivity contribution is 5.97. The van der Waals surface area contributed by atoms with Crippen molar-refractivity contribution in [2.24, 2.45) is 0 Å². The second-order valence-electron chi connectivity index (χ2n) is 10.9. The summed E-state index contributed by atoms with van der Waals surface area (Å²) in [5.41, 5.74) is 1.31. The van der Waals surface area contributed by atoms with Crippen LogP contribution in [0.1, 0.15) is 41.6 Å². The van der Waals surface area contributed by atoms with E-state index in [9.17, 15) is 44.0 Å². The van der Waals surface area contributed by atoms with Crippen molar-refractivity contribution in [1.29, 1.82) is 0 Å². The minimum Gasteiger partial charge on any atom is -0.478 e. The Morgan fingerprint density at radius 1 is 0.909 bits per heavy atom. The van der Waals surface area contributed by atoms with E-state index in [0.29, 0.717) is 61.3 Å². The van der Waals surface area contributed by atoms with Crippen LogP contribution in [0.25, 0.3) is 11.0 Å². The van der Waals surface area contributed by atoms with Gasteiger partial charge in [0.15, 0.2) is 5.58 Å². The molecule has 1 aromatic heterocycles. The molecule has 1 fully saturated rings. The Kier molecular flexibility index (Phi) is 8.88. The van der Waals surface area contributed by atoms with Crippen molar-refractivity contribution in [3.63, 3.8) is 0 Å². The number of carbonyl (C=O) groups is 4. The van der Waals surface area contributed by atoms with Crippen LogP contribution >= 0.6 is 0 Å². The van der Waals surface area contributed by atoms with E-state index in [-0.39, 0.29) is 18.9 Å². The molecule has 4 N–H and O–H groups in total. The van der Waals surface area contributed by atoms with Gasteiger partial charge in [0.2, 0.25) is 0 Å². The Bertz CT molecular complexity index is 1670. The van der Waals surface area contributed by atoms with Crippen molar-refractivity contribution in [3.8, 4) is 0 Å². The zero-order valence-electron chi connectivity index (χ0n) is 23.4. The van der Waals surface area contributed by atoms with E-state index in [1.807, 2.05) is 0 Å². The van der Waals surface area contributed by atoms with Crippen molar-refractivity contribution in [3.05, 3.63) is 88.4 Å². The van der Waals surface area contributed by atoms with Gasteiger partial charge >= 0.3 is 23.9 Å². The molecule has 3 heterocycles. The molecule has 0 spiro atoms. The predicted octanol–water partition coefficient (Wildman–Crippen LogP) is 3.31. The number of aromatic nitrogens is 1. The minimum absolute atomic E-state index is 0.0644. The zero-order valence-corrected chi connectivity index (χ0v) is 23.4. The van der Waals surface area contributed by atoms with Gasteiger partial charge in [-0.3, -0.25) is 4.90 Å². The fourth-order valence-electron chi connectivity index (χ4n) is 6.33. The summed E-state index contributed by atoms with van der Waals surface area (Å²) in [4.78, 5) is 51.8. The Morgan fingerprint density at radius 2 is 1.57 bits per heavy atom. The molecule has 3 aromatic rings. The summed E-state index contributed by atoms with van der Waals surface area (Å²) in [5.74, 6) is -6.26. The smallest absolute Gasteiger partial charge is 0.333 e. The predicted molar refractivity (Wildman–Crippen MR) is 152 cm³/mol. The maximum atomic E-state index is 13.6. The van der Waals surface area contributed by atoms with E-state index < -0.39 is 52.9 Å². The first kappa shape index (κ1) is 30.6. The van der Waals surface area contributed by atoms with Crippen LogP contribution in [0.3, 0.4) is 0 Å². The van der Waals surface area contributed by atoms with Crippen LogP contribution in [0, 0.1) is 5.82 Å². The highest BCUT2D eigenvalue weighted by atomic mass is 19.1. The van der Waals surface area contributed by atoms with E-state index in [2.05, 4.69) is 10.1 Å². The molecule has 0 radical (unpaired) electrons. The maximum absolute atomic E-state index is 13.6. The third-order valence-corrected chi connectivity index (χ3v) is 8.31. The van der Waals surface area contributed by atoms with Crippen molar-refractivity contribution >= 4 is 34.8 Å². The van der Waals surface area contributed by atoms with E-state index in [1.165, 1.54) is 12.1 Å². The normalized spacial score (nSPS) is 20.4. The van der Waals surface area contributed by atoms with E-state index in [0.717, 1.165) is 11.1 Å². The quantitative estimate of drug-likeness (QED) is 0.247. The number of halogens is 1. The van der Waals surface area contributed by atoms with Crippen LogP contribution in [-0.4, -0.2) is 91.5 Å². The molecule has 0 saturated carbocycles. The molecule has 2 atom stereocenters. The first-order valence-electron chi connectivity index (χ1n) is 14.0. The molecule has 230 valence electrons. The van der Waals surface area contributed by atoms with Gasteiger partial charge in [-0.1, -0.05) is 29.4 Å². The molecule has 44 heavy (non-hydrogen) atoms. The SMILES string of the molecule is O=C(O)/C=C(/C(=O)O)C1Cc2ccccc2C(/C(=C\C(=O)O)C(=O)O)N1CCN1CCC(c2noc3cc(F)ccc23)CC1. The molecule has 13 heteroatoms. The average molecular weight is 608 g/mol. The highest BCUT2D eigenvalue weighted by Crippen LogP contribution is 2.40. The molecule has 5 rings (SSSR count). The van der Waals surface area contributed by atoms with Gasteiger partial charge in [0.25, 0.3) is 0 Å². The number of hydrogen-bond donors (Lipinski definition) is 4. The topological polar surface area (TPSA) is 182 Å². The number of benzene rings is 2. The third-order valence-electron chi connectivity index (χ3n) is 8.31. The standard InChI is InChI=1S/C31H30FN3O9/c32-19-5-6-21-25(14-19)44-33-28(21)17-7-9-34(10-8-17)11-12-35-24(22(30(40)41)15-26(36)37)13-18-3-1-2-4-20(18)29(35)23(31(42)43)16-27(38)39/h1-6,14-17,24,29H,7-13H2,(H,36,37)(H,38,39)(H,40,41)(H,42,43)/b22-15+,23-16+. The number of fused-ring (bicyclic) bond motifs is 2. The van der Waals surface area contributed by atoms with Crippen LogP contribution < -0.4 is 0 Å². The van der Waals surface area contributed by atoms with Gasteiger partial charge in [0.1, 0.15) is 5.82 Å². The second kappa shape index (κ2) is 12.8. The number of piperidine rings is 1. The van der Waals surface area contributed by atoms with E-state index in [1.54, 1.807) is 35.2 Å². The number of hydrogen-bond acceptors (Lipinski definition) is 8. The number of nitrogens with zero attached hydrogens (tertiary/aromatic N) is 3. The summed E-state index contributed by atoms with van der Waals surface area (Å²) in [6, 6.07) is 8.82. The van der Waals surface area contributed by atoms with Gasteiger partial charge in [0.05, 0.1) is 22.9 Å². The average Bonchev–Trinajstić information content (AvgIpc) is 3.40. The zero-order chi connectivity index (χ0) is 31.5. The van der Waals surface area contributed by atoms with Gasteiger partial charge in [-0.05, 0) is 55.6 Å². The van der Waals surface area contributed by atoms with Crippen LogP contribution in [0.2, 0.25) is 0 Å². The summed E-state index contributed by atoms with van der Waals surface area (Å²) in [6.07, 6.45) is 2.69. The Hall–Kier alpha value is -4.88. The lowest BCUT2D eigenvalue weighted by atomic mass is 9.81. The number of carboxylic acid groups (broad SMARTS) is 4. The Morgan fingerprint density at radius 3 is 2.23 bits per heavy atom. The van der Waals surface area contributed by atoms with Gasteiger partial charge in [-0.15, -0.1) is 0 Å². The van der Waals surface area contributed by atoms with E-state index in [4.69, 9.17) is 4.52 Å². The Labute approximate surface area is 250 Å². The van der Waals surface area contributed by atoms with Crippen LogP contribution in [-0.2, 0) is 25.6 Å². The summed E-state index contributed by atoms with van der Waals surface area (Å²) < 4.78 is 18.9. The maximum Gasteiger partial charge on any atom is 0.333 e. The molecule has 12 nitrogen and oxygen atoms in total. The summed E-state index contributed by atoms with van der Waals surface area (Å²) in [5, 5.41) is 44.0. The molecule has 2 aliphatic rings. The monoisotopic (exact) mass is 607 g/mol. The van der Waals surface area contributed by atoms with Gasteiger partial charge in [-0.2, -0.15) is 0 Å². The summed E-state index contributed by atoms with van der Waals surface area (Å²) in [6.45, 7) is 1.72. The number of carboxylic acids is 4. The molecule has 0 aliphatic carbocycles. The van der Waals surface area contributed by atoms with Gasteiger partial charge in [0, 0.05) is 48.7 Å². The summed E-state index contributed by atoms with van der Waals surface area (Å²) in [7, 11) is 0. The van der Waals surface area contributed by atoms with Crippen LogP contribution in [0.5, 0.6) is 0 Å². The first-order chi connectivity index (χ1) is 21.0. The van der Waals surface area contributed by atoms with E-state index >= 15 is 0 Å². The number of aliphatic carboxylic acids is 4. The molecule has 2 aliphatic heterocycles. The molecule has 0 amide bonds. The number of likely N-dealkylation sites (tertiary alicyclic amines) is 1. The number of rotatable bonds is 10. The minimum atomic E-state index is -1.49. The fraction of sp³-hybridized carbons (Fsp3) is 0.323. The molecular weight excluding hydrogens is 577 g/mol. The molecule has 0 bridgehead atoms. The lowest BCUT2D eigenvalue weighted by Gasteiger charge is -2.44. The molecule has 1 saturated heterocycles. The molecule has 2 aromatic carbocycles. The van der Waals surface area contributed by atoms with Crippen molar-refractivity contribution < 1.29 is 48.5 Å².